The van der Waals surface area contributed by atoms with Gasteiger partial charge >= 0.3 is 0 Å². The summed E-state index contributed by atoms with van der Waals surface area (Å²) >= 11 is 0. The molecule has 1 saturated carbocycles. The zero-order chi connectivity index (χ0) is 16.8. The minimum atomic E-state index is -0.862. The van der Waals surface area contributed by atoms with Crippen LogP contribution in [-0.2, 0) is 4.79 Å². The molecule has 1 aromatic carbocycles. The Balaban J connectivity index is 1.74. The zero-order valence-corrected chi connectivity index (χ0v) is 12.6. The van der Waals surface area contributed by atoms with E-state index < -0.39 is 29.6 Å². The highest BCUT2D eigenvalue weighted by molar-refractivity contribution is 5.96. The smallest absolute Gasteiger partial charge is 0.251 e. The molecule has 1 atom stereocenters. The summed E-state index contributed by atoms with van der Waals surface area (Å²) < 4.78 is 26.0. The van der Waals surface area contributed by atoms with E-state index >= 15 is 0 Å². The van der Waals surface area contributed by atoms with Crippen LogP contribution in [0.5, 0.6) is 0 Å². The molecule has 126 valence electrons. The summed E-state index contributed by atoms with van der Waals surface area (Å²) in [6.07, 6.45) is 3.51. The van der Waals surface area contributed by atoms with E-state index in [4.69, 9.17) is 0 Å². The average molecular weight is 326 g/mol. The number of nitrogens with one attached hydrogen (secondary N) is 2. The predicted molar refractivity (Wildman–Crippen MR) is 79.7 cm³/mol. The molecule has 2 amide bonds. The summed E-state index contributed by atoms with van der Waals surface area (Å²) in [5.74, 6) is -2.72. The van der Waals surface area contributed by atoms with Crippen LogP contribution in [0.15, 0.2) is 18.2 Å². The summed E-state index contributed by atoms with van der Waals surface area (Å²) in [6.45, 7) is -0.192. The fraction of sp³-hybridized carbons (Fsp3) is 0.500. The quantitative estimate of drug-likeness (QED) is 0.739. The number of aliphatic hydroxyl groups excluding tert-OH is 1. The molecule has 1 fully saturated rings. The Kier molecular flexibility index (Phi) is 6.04. The van der Waals surface area contributed by atoms with Gasteiger partial charge in [-0.05, 0) is 30.9 Å². The molecule has 0 heterocycles. The van der Waals surface area contributed by atoms with Crippen molar-refractivity contribution in [3.63, 3.8) is 0 Å². The van der Waals surface area contributed by atoms with Gasteiger partial charge in [0.05, 0.1) is 12.6 Å². The third-order valence-corrected chi connectivity index (χ3v) is 3.99. The standard InChI is InChI=1S/C16H20F2N2O3/c17-12-5-11(6-13(18)7-12)16(23)20-9-15(22)19-8-14(21)10-3-1-2-4-10/h5-7,10,14,21H,1-4,8-9H2,(H,19,22)(H,20,23). The second-order valence-electron chi connectivity index (χ2n) is 5.76. The summed E-state index contributed by atoms with van der Waals surface area (Å²) in [5, 5.41) is 14.7. The SMILES string of the molecule is O=C(CNC(=O)c1cc(F)cc(F)c1)NCC(O)C1CCCC1. The lowest BCUT2D eigenvalue weighted by Crippen LogP contribution is -2.41. The third kappa shape index (κ3) is 5.28. The van der Waals surface area contributed by atoms with Gasteiger partial charge in [-0.15, -0.1) is 0 Å². The summed E-state index contributed by atoms with van der Waals surface area (Å²) in [6, 6.07) is 2.44. The van der Waals surface area contributed by atoms with E-state index in [9.17, 15) is 23.5 Å². The summed E-state index contributed by atoms with van der Waals surface area (Å²) in [5.41, 5.74) is -0.193. The Labute approximate surface area is 133 Å². The van der Waals surface area contributed by atoms with E-state index in [-0.39, 0.29) is 24.6 Å². The summed E-state index contributed by atoms with van der Waals surface area (Å²) in [7, 11) is 0. The Bertz CT molecular complexity index is 554. The van der Waals surface area contributed by atoms with E-state index in [2.05, 4.69) is 10.6 Å². The molecule has 1 aromatic rings. The number of benzene rings is 1. The van der Waals surface area contributed by atoms with Crippen molar-refractivity contribution in [1.29, 1.82) is 0 Å². The Morgan fingerprint density at radius 1 is 1.13 bits per heavy atom. The van der Waals surface area contributed by atoms with Crippen LogP contribution in [0.25, 0.3) is 0 Å². The lowest BCUT2D eigenvalue weighted by molar-refractivity contribution is -0.120. The lowest BCUT2D eigenvalue weighted by Gasteiger charge is -2.18. The van der Waals surface area contributed by atoms with Crippen LogP contribution in [0.4, 0.5) is 8.78 Å². The lowest BCUT2D eigenvalue weighted by atomic mass is 10.0. The van der Waals surface area contributed by atoms with E-state index in [1.165, 1.54) is 0 Å². The Hall–Kier alpha value is -2.02. The first-order valence-electron chi connectivity index (χ1n) is 7.65. The van der Waals surface area contributed by atoms with Gasteiger partial charge in [0.2, 0.25) is 5.91 Å². The van der Waals surface area contributed by atoms with Crippen molar-refractivity contribution < 1.29 is 23.5 Å². The molecular formula is C16H20F2N2O3. The maximum Gasteiger partial charge on any atom is 0.251 e. The minimum absolute atomic E-state index is 0.133. The van der Waals surface area contributed by atoms with Gasteiger partial charge in [0.15, 0.2) is 0 Å². The van der Waals surface area contributed by atoms with Crippen molar-refractivity contribution in [1.82, 2.24) is 10.6 Å². The van der Waals surface area contributed by atoms with Gasteiger partial charge in [0.1, 0.15) is 11.6 Å². The fourth-order valence-corrected chi connectivity index (χ4v) is 2.74. The van der Waals surface area contributed by atoms with Crippen LogP contribution in [0.3, 0.4) is 0 Å². The number of rotatable bonds is 6. The molecule has 1 aliphatic carbocycles. The number of amides is 2. The largest absolute Gasteiger partial charge is 0.391 e. The molecule has 0 aromatic heterocycles. The molecule has 0 radical (unpaired) electrons. The van der Waals surface area contributed by atoms with Crippen molar-refractivity contribution >= 4 is 11.8 Å². The Morgan fingerprint density at radius 3 is 2.35 bits per heavy atom. The second kappa shape index (κ2) is 8.01. The molecule has 0 aliphatic heterocycles. The molecule has 0 spiro atoms. The molecule has 23 heavy (non-hydrogen) atoms. The highest BCUT2D eigenvalue weighted by Gasteiger charge is 2.23. The highest BCUT2D eigenvalue weighted by Crippen LogP contribution is 2.27. The van der Waals surface area contributed by atoms with Crippen molar-refractivity contribution in [2.45, 2.75) is 31.8 Å². The van der Waals surface area contributed by atoms with Crippen molar-refractivity contribution in [3.8, 4) is 0 Å². The first kappa shape index (κ1) is 17.3. The molecular weight excluding hydrogens is 306 g/mol. The fourth-order valence-electron chi connectivity index (χ4n) is 2.74. The number of hydrogen-bond donors (Lipinski definition) is 3. The van der Waals surface area contributed by atoms with E-state index in [1.54, 1.807) is 0 Å². The van der Waals surface area contributed by atoms with E-state index in [0.717, 1.165) is 37.8 Å². The minimum Gasteiger partial charge on any atom is -0.391 e. The van der Waals surface area contributed by atoms with E-state index in [1.807, 2.05) is 0 Å². The van der Waals surface area contributed by atoms with Crippen LogP contribution < -0.4 is 10.6 Å². The molecule has 7 heteroatoms. The van der Waals surface area contributed by atoms with Crippen LogP contribution in [0, 0.1) is 17.6 Å². The first-order valence-corrected chi connectivity index (χ1v) is 7.65. The topological polar surface area (TPSA) is 78.4 Å². The van der Waals surface area contributed by atoms with Crippen LogP contribution in [0.1, 0.15) is 36.0 Å². The van der Waals surface area contributed by atoms with Crippen molar-refractivity contribution in [2.75, 3.05) is 13.1 Å². The van der Waals surface area contributed by atoms with Gasteiger partial charge in [0.25, 0.3) is 5.91 Å². The van der Waals surface area contributed by atoms with Crippen molar-refractivity contribution in [2.24, 2.45) is 5.92 Å². The molecule has 1 unspecified atom stereocenters. The molecule has 0 saturated heterocycles. The first-order chi connectivity index (χ1) is 11.0. The van der Waals surface area contributed by atoms with E-state index in [0.29, 0.717) is 6.07 Å². The molecule has 1 aliphatic rings. The molecule has 0 bridgehead atoms. The average Bonchev–Trinajstić information content (AvgIpc) is 3.03. The van der Waals surface area contributed by atoms with Crippen LogP contribution in [-0.4, -0.2) is 36.1 Å². The van der Waals surface area contributed by atoms with Crippen LogP contribution >= 0.6 is 0 Å². The van der Waals surface area contributed by atoms with Gasteiger partial charge in [-0.25, -0.2) is 8.78 Å². The van der Waals surface area contributed by atoms with Gasteiger partial charge < -0.3 is 15.7 Å². The molecule has 2 rings (SSSR count). The number of carbonyl (C=O) groups excluding carboxylic acids is 2. The third-order valence-electron chi connectivity index (χ3n) is 3.99. The number of halogens is 2. The zero-order valence-electron chi connectivity index (χ0n) is 12.6. The van der Waals surface area contributed by atoms with Gasteiger partial charge in [-0.2, -0.15) is 0 Å². The monoisotopic (exact) mass is 326 g/mol. The number of aliphatic hydroxyl groups is 1. The highest BCUT2D eigenvalue weighted by atomic mass is 19.1. The molecule has 5 nitrogen and oxygen atoms in total. The van der Waals surface area contributed by atoms with Gasteiger partial charge in [0, 0.05) is 18.2 Å². The van der Waals surface area contributed by atoms with Gasteiger partial charge in [-0.1, -0.05) is 12.8 Å². The van der Waals surface area contributed by atoms with Gasteiger partial charge in [-0.3, -0.25) is 9.59 Å². The predicted octanol–water partition coefficient (Wildman–Crippen LogP) is 1.36. The summed E-state index contributed by atoms with van der Waals surface area (Å²) in [4.78, 5) is 23.4. The van der Waals surface area contributed by atoms with Crippen LogP contribution in [0.2, 0.25) is 0 Å². The molecule has 3 N–H and O–H groups in total. The maximum absolute atomic E-state index is 13.0. The van der Waals surface area contributed by atoms with Crippen molar-refractivity contribution in [3.05, 3.63) is 35.4 Å². The normalized spacial score (nSPS) is 16.1. The Morgan fingerprint density at radius 2 is 1.74 bits per heavy atom. The number of hydrogen-bond acceptors (Lipinski definition) is 3. The maximum atomic E-state index is 13.0. The second-order valence-corrected chi connectivity index (χ2v) is 5.76. The number of carbonyl (C=O) groups is 2.